The molecular weight excluding hydrogens is 267 g/mol. The van der Waals surface area contributed by atoms with Crippen molar-refractivity contribution in [3.8, 4) is 0 Å². The largest absolute Gasteiger partial charge is 0.396 e. The van der Waals surface area contributed by atoms with E-state index in [9.17, 15) is 13.2 Å². The van der Waals surface area contributed by atoms with Gasteiger partial charge in [-0.15, -0.1) is 0 Å². The van der Waals surface area contributed by atoms with E-state index in [-0.39, 0.29) is 11.9 Å². The summed E-state index contributed by atoms with van der Waals surface area (Å²) in [6.07, 6.45) is 1.08. The molecule has 0 fully saturated rings. The maximum Gasteiger partial charge on any atom is 0.396 e. The normalized spacial score (nSPS) is 19.5. The summed E-state index contributed by atoms with van der Waals surface area (Å²) in [7, 11) is 0. The molecule has 1 N–H and O–H groups in total. The highest BCUT2D eigenvalue weighted by atomic mass is 19.4. The molecule has 0 aromatic carbocycles. The Morgan fingerprint density at radius 1 is 1.35 bits per heavy atom. The van der Waals surface area contributed by atoms with Crippen LogP contribution in [-0.2, 0) is 12.8 Å². The molecule has 0 bridgehead atoms. The second kappa shape index (κ2) is 6.52. The molecule has 0 aliphatic heterocycles. The molecule has 1 aliphatic rings. The number of nitrogens with one attached hydrogen (secondary N) is 1. The Morgan fingerprint density at radius 2 is 2.15 bits per heavy atom. The Kier molecular flexibility index (Phi) is 4.96. The molecule has 0 saturated heterocycles. The average Bonchev–Trinajstić information content (AvgIpc) is 2.56. The number of rotatable bonds is 4. The number of hydrogen-bond donors (Lipinski definition) is 1. The molecule has 0 amide bonds. The molecule has 6 heteroatoms. The molecule has 0 radical (unpaired) electrons. The number of fused-ring (bicyclic) bond motifs is 1. The van der Waals surface area contributed by atoms with E-state index in [1.807, 2.05) is 0 Å². The zero-order chi connectivity index (χ0) is 14.6. The molecule has 0 spiro atoms. The average molecular weight is 287 g/mol. The summed E-state index contributed by atoms with van der Waals surface area (Å²) >= 11 is 0. The summed E-state index contributed by atoms with van der Waals surface area (Å²) < 4.78 is 37.2. The van der Waals surface area contributed by atoms with Gasteiger partial charge >= 0.3 is 6.18 Å². The first kappa shape index (κ1) is 15.2. The number of alkyl halides is 3. The van der Waals surface area contributed by atoms with Crippen LogP contribution in [0.1, 0.15) is 55.7 Å². The van der Waals surface area contributed by atoms with E-state index in [0.29, 0.717) is 0 Å². The van der Waals surface area contributed by atoms with Crippen LogP contribution in [0.15, 0.2) is 6.20 Å². The summed E-state index contributed by atoms with van der Waals surface area (Å²) in [5.41, 5.74) is 1.76. The van der Waals surface area contributed by atoms with Crippen molar-refractivity contribution < 1.29 is 13.2 Å². The Morgan fingerprint density at radius 3 is 2.85 bits per heavy atom. The second-order valence-electron chi connectivity index (χ2n) is 5.23. The first-order chi connectivity index (χ1) is 9.49. The molecule has 1 aromatic rings. The van der Waals surface area contributed by atoms with Gasteiger partial charge in [-0.25, -0.2) is 9.97 Å². The predicted octanol–water partition coefficient (Wildman–Crippen LogP) is 3.35. The molecule has 2 rings (SSSR count). The second-order valence-corrected chi connectivity index (χ2v) is 5.23. The van der Waals surface area contributed by atoms with Gasteiger partial charge in [-0.05, 0) is 32.2 Å². The summed E-state index contributed by atoms with van der Waals surface area (Å²) in [5, 5.41) is 3.43. The van der Waals surface area contributed by atoms with Gasteiger partial charge in [0.25, 0.3) is 0 Å². The number of hydrogen-bond acceptors (Lipinski definition) is 3. The zero-order valence-electron chi connectivity index (χ0n) is 11.6. The number of aryl methyl sites for hydroxylation is 1. The Hall–Kier alpha value is -1.17. The molecule has 0 saturated carbocycles. The van der Waals surface area contributed by atoms with E-state index in [1.54, 1.807) is 6.20 Å². The van der Waals surface area contributed by atoms with E-state index in [0.717, 1.165) is 49.9 Å². The third-order valence-corrected chi connectivity index (χ3v) is 3.48. The fourth-order valence-electron chi connectivity index (χ4n) is 2.55. The van der Waals surface area contributed by atoms with Crippen molar-refractivity contribution in [1.82, 2.24) is 15.3 Å². The monoisotopic (exact) mass is 287 g/mol. The van der Waals surface area contributed by atoms with Gasteiger partial charge in [0, 0.05) is 23.5 Å². The molecule has 1 atom stereocenters. The molecule has 1 aliphatic carbocycles. The van der Waals surface area contributed by atoms with Crippen molar-refractivity contribution in [3.05, 3.63) is 23.3 Å². The van der Waals surface area contributed by atoms with Gasteiger partial charge in [-0.1, -0.05) is 13.3 Å². The molecule has 3 nitrogen and oxygen atoms in total. The Bertz CT molecular complexity index is 446. The third kappa shape index (κ3) is 4.16. The van der Waals surface area contributed by atoms with Gasteiger partial charge in [0.2, 0.25) is 0 Å². The van der Waals surface area contributed by atoms with Gasteiger partial charge in [0.05, 0.1) is 0 Å². The number of aromatic nitrogens is 2. The van der Waals surface area contributed by atoms with Crippen LogP contribution in [-0.4, -0.2) is 22.7 Å². The third-order valence-electron chi connectivity index (χ3n) is 3.48. The van der Waals surface area contributed by atoms with E-state index in [4.69, 9.17) is 0 Å². The van der Waals surface area contributed by atoms with Crippen LogP contribution in [0, 0.1) is 0 Å². The highest BCUT2D eigenvalue weighted by Crippen LogP contribution is 2.28. The molecule has 20 heavy (non-hydrogen) atoms. The number of nitrogens with zero attached hydrogens (tertiary/aromatic N) is 2. The van der Waals surface area contributed by atoms with Crippen molar-refractivity contribution in [2.24, 2.45) is 0 Å². The van der Waals surface area contributed by atoms with Gasteiger partial charge < -0.3 is 5.32 Å². The van der Waals surface area contributed by atoms with Crippen molar-refractivity contribution in [2.45, 2.75) is 57.7 Å². The van der Waals surface area contributed by atoms with E-state index < -0.39 is 12.6 Å². The molecular formula is C14H20F3N3. The minimum absolute atomic E-state index is 0.118. The first-order valence-corrected chi connectivity index (χ1v) is 7.14. The summed E-state index contributed by atoms with van der Waals surface area (Å²) in [5.74, 6) is -0.118. The first-order valence-electron chi connectivity index (χ1n) is 7.14. The summed E-state index contributed by atoms with van der Waals surface area (Å²) in [6, 6.07) is 0.174. The minimum atomic E-state index is -4.25. The van der Waals surface area contributed by atoms with Gasteiger partial charge in [0.15, 0.2) is 0 Å². The van der Waals surface area contributed by atoms with Crippen LogP contribution in [0.5, 0.6) is 0 Å². The van der Waals surface area contributed by atoms with E-state index in [2.05, 4.69) is 22.2 Å². The van der Waals surface area contributed by atoms with E-state index in [1.165, 1.54) is 0 Å². The SMILES string of the molecule is CCCNC1CCCCc2nc(CC(F)(F)F)ncc21. The van der Waals surface area contributed by atoms with Crippen LogP contribution in [0.25, 0.3) is 0 Å². The fraction of sp³-hybridized carbons (Fsp3) is 0.714. The Labute approximate surface area is 117 Å². The minimum Gasteiger partial charge on any atom is -0.310 e. The zero-order valence-corrected chi connectivity index (χ0v) is 11.6. The topological polar surface area (TPSA) is 37.8 Å². The molecule has 1 heterocycles. The van der Waals surface area contributed by atoms with Gasteiger partial charge in [-0.3, -0.25) is 0 Å². The maximum atomic E-state index is 12.4. The standard InChI is InChI=1S/C14H20F3N3/c1-2-7-18-11-5-3-4-6-12-10(11)9-19-13(20-12)8-14(15,16)17/h9,11,18H,2-8H2,1H3. The van der Waals surface area contributed by atoms with Crippen molar-refractivity contribution in [3.63, 3.8) is 0 Å². The Balaban J connectivity index is 2.20. The van der Waals surface area contributed by atoms with Crippen LogP contribution >= 0.6 is 0 Å². The fourth-order valence-corrected chi connectivity index (χ4v) is 2.55. The molecule has 112 valence electrons. The van der Waals surface area contributed by atoms with Crippen LogP contribution < -0.4 is 5.32 Å². The lowest BCUT2D eigenvalue weighted by Gasteiger charge is -2.18. The quantitative estimate of drug-likeness (QED) is 0.863. The van der Waals surface area contributed by atoms with Gasteiger partial charge in [0.1, 0.15) is 12.2 Å². The van der Waals surface area contributed by atoms with Crippen molar-refractivity contribution >= 4 is 0 Å². The molecule has 1 aromatic heterocycles. The number of halogens is 3. The highest BCUT2D eigenvalue weighted by Gasteiger charge is 2.30. The lowest BCUT2D eigenvalue weighted by Crippen LogP contribution is -2.23. The van der Waals surface area contributed by atoms with Crippen LogP contribution in [0.2, 0.25) is 0 Å². The van der Waals surface area contributed by atoms with E-state index >= 15 is 0 Å². The van der Waals surface area contributed by atoms with Crippen molar-refractivity contribution in [2.75, 3.05) is 6.54 Å². The highest BCUT2D eigenvalue weighted by molar-refractivity contribution is 5.23. The molecule has 1 unspecified atom stereocenters. The summed E-state index contributed by atoms with van der Waals surface area (Å²) in [6.45, 7) is 2.99. The van der Waals surface area contributed by atoms with Crippen LogP contribution in [0.4, 0.5) is 13.2 Å². The predicted molar refractivity (Wildman–Crippen MR) is 70.4 cm³/mol. The summed E-state index contributed by atoms with van der Waals surface area (Å²) in [4.78, 5) is 8.05. The maximum absolute atomic E-state index is 12.4. The van der Waals surface area contributed by atoms with Crippen LogP contribution in [0.3, 0.4) is 0 Å². The van der Waals surface area contributed by atoms with Crippen molar-refractivity contribution in [1.29, 1.82) is 0 Å². The van der Waals surface area contributed by atoms with Gasteiger partial charge in [-0.2, -0.15) is 13.2 Å². The lowest BCUT2D eigenvalue weighted by molar-refractivity contribution is -0.128. The smallest absolute Gasteiger partial charge is 0.310 e. The lowest BCUT2D eigenvalue weighted by atomic mass is 10.0.